The Bertz CT molecular complexity index is 702. The van der Waals surface area contributed by atoms with E-state index >= 15 is 0 Å². The Balaban J connectivity index is 1.51. The summed E-state index contributed by atoms with van der Waals surface area (Å²) < 4.78 is 5.77. The van der Waals surface area contributed by atoms with Gasteiger partial charge in [0.15, 0.2) is 0 Å². The SMILES string of the molecule is N#Cc1nccnc1OC1CCC(NC(=O)c2ncn[nH]2)CC1. The van der Waals surface area contributed by atoms with Crippen molar-refractivity contribution >= 4 is 5.91 Å². The summed E-state index contributed by atoms with van der Waals surface area (Å²) in [6.07, 6.45) is 7.33. The summed E-state index contributed by atoms with van der Waals surface area (Å²) in [5.41, 5.74) is 0.188. The minimum absolute atomic E-state index is 0.0303. The number of ether oxygens (including phenoxy) is 1. The Labute approximate surface area is 132 Å². The summed E-state index contributed by atoms with van der Waals surface area (Å²) in [6, 6.07) is 2.04. The van der Waals surface area contributed by atoms with E-state index in [4.69, 9.17) is 10.00 Å². The normalized spacial score (nSPS) is 20.5. The van der Waals surface area contributed by atoms with Gasteiger partial charge in [0, 0.05) is 18.4 Å². The minimum atomic E-state index is -0.257. The highest BCUT2D eigenvalue weighted by atomic mass is 16.5. The summed E-state index contributed by atoms with van der Waals surface area (Å²) in [5, 5.41) is 18.1. The van der Waals surface area contributed by atoms with Gasteiger partial charge in [0.2, 0.25) is 11.5 Å². The molecule has 0 spiro atoms. The van der Waals surface area contributed by atoms with Crippen LogP contribution in [0.4, 0.5) is 0 Å². The van der Waals surface area contributed by atoms with Crippen LogP contribution in [-0.2, 0) is 0 Å². The molecule has 1 saturated carbocycles. The van der Waals surface area contributed by atoms with Crippen LogP contribution < -0.4 is 10.1 Å². The van der Waals surface area contributed by atoms with Crippen LogP contribution >= 0.6 is 0 Å². The van der Waals surface area contributed by atoms with E-state index in [-0.39, 0.29) is 35.5 Å². The Kier molecular flexibility index (Phi) is 4.42. The Hall–Kier alpha value is -3.02. The number of hydrogen-bond donors (Lipinski definition) is 2. The van der Waals surface area contributed by atoms with E-state index in [2.05, 4.69) is 30.5 Å². The van der Waals surface area contributed by atoms with Gasteiger partial charge in [-0.15, -0.1) is 0 Å². The molecule has 1 aliphatic carbocycles. The van der Waals surface area contributed by atoms with Crippen molar-refractivity contribution in [2.24, 2.45) is 0 Å². The van der Waals surface area contributed by atoms with Gasteiger partial charge >= 0.3 is 0 Å². The zero-order valence-electron chi connectivity index (χ0n) is 12.3. The van der Waals surface area contributed by atoms with Gasteiger partial charge in [0.05, 0.1) is 0 Å². The van der Waals surface area contributed by atoms with Crippen molar-refractivity contribution in [1.29, 1.82) is 5.26 Å². The molecule has 0 atom stereocenters. The summed E-state index contributed by atoms with van der Waals surface area (Å²) >= 11 is 0. The number of nitrogens with zero attached hydrogens (tertiary/aromatic N) is 5. The van der Waals surface area contributed by atoms with Crippen LogP contribution in [0.3, 0.4) is 0 Å². The van der Waals surface area contributed by atoms with Gasteiger partial charge in [-0.25, -0.2) is 15.0 Å². The lowest BCUT2D eigenvalue weighted by molar-refractivity contribution is 0.0880. The lowest BCUT2D eigenvalue weighted by Crippen LogP contribution is -2.40. The van der Waals surface area contributed by atoms with Gasteiger partial charge in [-0.1, -0.05) is 0 Å². The lowest BCUT2D eigenvalue weighted by atomic mass is 9.93. The predicted octanol–water partition coefficient (Wildman–Crippen LogP) is 0.586. The first-order valence-electron chi connectivity index (χ1n) is 7.30. The van der Waals surface area contributed by atoms with Gasteiger partial charge in [0.25, 0.3) is 11.8 Å². The number of carbonyl (C=O) groups excluding carboxylic acids is 1. The van der Waals surface area contributed by atoms with Gasteiger partial charge < -0.3 is 10.1 Å². The molecule has 0 radical (unpaired) electrons. The molecule has 0 aliphatic heterocycles. The minimum Gasteiger partial charge on any atom is -0.472 e. The summed E-state index contributed by atoms with van der Waals surface area (Å²) in [6.45, 7) is 0. The molecule has 3 rings (SSSR count). The topological polar surface area (TPSA) is 129 Å². The van der Waals surface area contributed by atoms with E-state index in [1.165, 1.54) is 18.7 Å². The molecule has 9 nitrogen and oxygen atoms in total. The molecular weight excluding hydrogens is 298 g/mol. The van der Waals surface area contributed by atoms with Crippen molar-refractivity contribution < 1.29 is 9.53 Å². The molecular formula is C14H15N7O2. The van der Waals surface area contributed by atoms with E-state index < -0.39 is 0 Å². The van der Waals surface area contributed by atoms with Gasteiger partial charge in [0.1, 0.15) is 18.5 Å². The highest BCUT2D eigenvalue weighted by Crippen LogP contribution is 2.24. The number of aromatic amines is 1. The molecule has 118 valence electrons. The average molecular weight is 313 g/mol. The number of nitrogens with one attached hydrogen (secondary N) is 2. The molecule has 9 heteroatoms. The molecule has 1 amide bonds. The fourth-order valence-corrected chi connectivity index (χ4v) is 2.54. The first-order valence-corrected chi connectivity index (χ1v) is 7.30. The molecule has 0 aromatic carbocycles. The quantitative estimate of drug-likeness (QED) is 0.844. The third-order valence-corrected chi connectivity index (χ3v) is 3.69. The van der Waals surface area contributed by atoms with Crippen molar-refractivity contribution in [3.63, 3.8) is 0 Å². The molecule has 2 heterocycles. The fraction of sp³-hybridized carbons (Fsp3) is 0.429. The summed E-state index contributed by atoms with van der Waals surface area (Å²) in [4.78, 5) is 23.7. The number of rotatable bonds is 4. The molecule has 2 aromatic heterocycles. The molecule has 0 bridgehead atoms. The van der Waals surface area contributed by atoms with Gasteiger partial charge in [-0.3, -0.25) is 9.89 Å². The van der Waals surface area contributed by atoms with Crippen LogP contribution in [0, 0.1) is 11.3 Å². The largest absolute Gasteiger partial charge is 0.472 e. The molecule has 0 unspecified atom stereocenters. The molecule has 23 heavy (non-hydrogen) atoms. The van der Waals surface area contributed by atoms with E-state index in [1.807, 2.05) is 6.07 Å². The lowest BCUT2D eigenvalue weighted by Gasteiger charge is -2.28. The summed E-state index contributed by atoms with van der Waals surface area (Å²) in [5.74, 6) is 0.221. The molecule has 2 N–H and O–H groups in total. The van der Waals surface area contributed by atoms with Crippen LogP contribution in [0.2, 0.25) is 0 Å². The number of aromatic nitrogens is 5. The summed E-state index contributed by atoms with van der Waals surface area (Å²) in [7, 11) is 0. The number of H-pyrrole nitrogens is 1. The maximum Gasteiger partial charge on any atom is 0.288 e. The van der Waals surface area contributed by atoms with E-state index in [9.17, 15) is 4.79 Å². The Morgan fingerprint density at radius 2 is 2.04 bits per heavy atom. The predicted molar refractivity (Wildman–Crippen MR) is 77.3 cm³/mol. The molecule has 1 aliphatic rings. The van der Waals surface area contributed by atoms with E-state index in [1.54, 1.807) is 0 Å². The maximum atomic E-state index is 11.9. The highest BCUT2D eigenvalue weighted by Gasteiger charge is 2.25. The molecule has 1 fully saturated rings. The van der Waals surface area contributed by atoms with Crippen molar-refractivity contribution in [1.82, 2.24) is 30.5 Å². The van der Waals surface area contributed by atoms with Gasteiger partial charge in [-0.05, 0) is 25.7 Å². The zero-order valence-corrected chi connectivity index (χ0v) is 12.3. The standard InChI is InChI=1S/C14H15N7O2/c15-7-11-14(17-6-5-16-11)23-10-3-1-9(2-4-10)20-13(22)12-18-8-19-21-12/h5-6,8-10H,1-4H2,(H,20,22)(H,18,19,21). The van der Waals surface area contributed by atoms with Crippen LogP contribution in [0.25, 0.3) is 0 Å². The van der Waals surface area contributed by atoms with Gasteiger partial charge in [-0.2, -0.15) is 10.4 Å². The van der Waals surface area contributed by atoms with Crippen molar-refractivity contribution in [3.8, 4) is 11.9 Å². The zero-order chi connectivity index (χ0) is 16.1. The van der Waals surface area contributed by atoms with E-state index in [0.717, 1.165) is 25.7 Å². The average Bonchev–Trinajstić information content (AvgIpc) is 3.12. The number of hydrogen-bond acceptors (Lipinski definition) is 7. The van der Waals surface area contributed by atoms with Crippen molar-refractivity contribution in [3.05, 3.63) is 30.2 Å². The maximum absolute atomic E-state index is 11.9. The van der Waals surface area contributed by atoms with Crippen molar-refractivity contribution in [2.75, 3.05) is 0 Å². The molecule has 2 aromatic rings. The Morgan fingerprint density at radius 3 is 2.74 bits per heavy atom. The Morgan fingerprint density at radius 1 is 1.26 bits per heavy atom. The number of amides is 1. The fourth-order valence-electron chi connectivity index (χ4n) is 2.54. The first kappa shape index (κ1) is 14.9. The number of nitriles is 1. The smallest absolute Gasteiger partial charge is 0.288 e. The second-order valence-electron chi connectivity index (χ2n) is 5.22. The highest BCUT2D eigenvalue weighted by molar-refractivity contribution is 5.90. The molecule has 0 saturated heterocycles. The van der Waals surface area contributed by atoms with Crippen LogP contribution in [0.1, 0.15) is 42.0 Å². The second kappa shape index (κ2) is 6.83. The number of carbonyl (C=O) groups is 1. The monoisotopic (exact) mass is 313 g/mol. The van der Waals surface area contributed by atoms with Crippen molar-refractivity contribution in [2.45, 2.75) is 37.8 Å². The first-order chi connectivity index (χ1) is 11.3. The van der Waals surface area contributed by atoms with Crippen LogP contribution in [0.5, 0.6) is 5.88 Å². The van der Waals surface area contributed by atoms with Crippen LogP contribution in [-0.4, -0.2) is 43.2 Å². The second-order valence-corrected chi connectivity index (χ2v) is 5.22. The third kappa shape index (κ3) is 3.60. The van der Waals surface area contributed by atoms with Crippen LogP contribution in [0.15, 0.2) is 18.7 Å². The third-order valence-electron chi connectivity index (χ3n) is 3.69. The van der Waals surface area contributed by atoms with E-state index in [0.29, 0.717) is 0 Å².